The van der Waals surface area contributed by atoms with Crippen molar-refractivity contribution in [2.24, 2.45) is 0 Å². The number of Topliss-reactive ketones (excluding diaryl/α,β-unsaturated/α-hetero) is 1. The van der Waals surface area contributed by atoms with E-state index in [1.54, 1.807) is 0 Å². The summed E-state index contributed by atoms with van der Waals surface area (Å²) in [5.41, 5.74) is -0.824. The monoisotopic (exact) mass is 337 g/mol. The number of carbonyl (C=O) groups is 2. The molecule has 0 bridgehead atoms. The zero-order chi connectivity index (χ0) is 17.0. The van der Waals surface area contributed by atoms with E-state index in [0.717, 1.165) is 18.2 Å². The molecule has 2 aromatic rings. The van der Waals surface area contributed by atoms with E-state index in [9.17, 15) is 24.1 Å². The van der Waals surface area contributed by atoms with Crippen molar-refractivity contribution in [2.75, 3.05) is 6.61 Å². The highest BCUT2D eigenvalue weighted by atomic mass is 35.5. The Morgan fingerprint density at radius 3 is 2.61 bits per heavy atom. The van der Waals surface area contributed by atoms with Crippen LogP contribution in [0.15, 0.2) is 42.5 Å². The number of nitro benzene ring substituents is 1. The molecule has 0 saturated heterocycles. The van der Waals surface area contributed by atoms with E-state index in [0.29, 0.717) is 0 Å². The molecule has 0 saturated carbocycles. The van der Waals surface area contributed by atoms with Gasteiger partial charge in [0.05, 0.1) is 4.92 Å². The minimum Gasteiger partial charge on any atom is -0.454 e. The summed E-state index contributed by atoms with van der Waals surface area (Å²) in [5.74, 6) is -2.27. The molecule has 0 atom stereocenters. The van der Waals surface area contributed by atoms with Crippen molar-refractivity contribution in [1.29, 1.82) is 0 Å². The number of esters is 1. The number of hydrogen-bond acceptors (Lipinski definition) is 5. The van der Waals surface area contributed by atoms with E-state index in [2.05, 4.69) is 0 Å². The van der Waals surface area contributed by atoms with Gasteiger partial charge in [0.15, 0.2) is 12.4 Å². The summed E-state index contributed by atoms with van der Waals surface area (Å²) in [6.45, 7) is -0.665. The van der Waals surface area contributed by atoms with Gasteiger partial charge in [-0.15, -0.1) is 0 Å². The predicted octanol–water partition coefficient (Wildman–Crippen LogP) is 3.43. The van der Waals surface area contributed by atoms with Crippen molar-refractivity contribution in [1.82, 2.24) is 0 Å². The molecule has 0 spiro atoms. The standard InChI is InChI=1S/C15H9ClFNO5/c16-10-4-5-12(13(7-10)18(21)22)15(20)23-8-14(19)9-2-1-3-11(17)6-9/h1-7H,8H2. The van der Waals surface area contributed by atoms with Gasteiger partial charge >= 0.3 is 5.97 Å². The molecule has 0 fully saturated rings. The molecule has 0 aliphatic heterocycles. The third kappa shape index (κ3) is 4.10. The van der Waals surface area contributed by atoms with E-state index >= 15 is 0 Å². The average molecular weight is 338 g/mol. The summed E-state index contributed by atoms with van der Waals surface area (Å²) in [6.07, 6.45) is 0. The average Bonchev–Trinajstić information content (AvgIpc) is 2.52. The molecule has 0 amide bonds. The summed E-state index contributed by atoms with van der Waals surface area (Å²) in [7, 11) is 0. The zero-order valence-electron chi connectivity index (χ0n) is 11.5. The van der Waals surface area contributed by atoms with E-state index in [-0.39, 0.29) is 16.1 Å². The third-order valence-corrected chi connectivity index (χ3v) is 3.09. The molecule has 0 aliphatic rings. The first-order chi connectivity index (χ1) is 10.9. The Kier molecular flexibility index (Phi) is 5.02. The minimum atomic E-state index is -1.04. The Bertz CT molecular complexity index is 793. The fourth-order valence-corrected chi connectivity index (χ4v) is 1.95. The van der Waals surface area contributed by atoms with E-state index in [4.69, 9.17) is 16.3 Å². The lowest BCUT2D eigenvalue weighted by atomic mass is 10.1. The quantitative estimate of drug-likeness (QED) is 0.361. The highest BCUT2D eigenvalue weighted by Crippen LogP contribution is 2.24. The topological polar surface area (TPSA) is 86.5 Å². The number of halogens is 2. The summed E-state index contributed by atoms with van der Waals surface area (Å²) >= 11 is 5.64. The van der Waals surface area contributed by atoms with E-state index in [1.807, 2.05) is 0 Å². The highest BCUT2D eigenvalue weighted by Gasteiger charge is 2.22. The van der Waals surface area contributed by atoms with E-state index < -0.39 is 34.8 Å². The van der Waals surface area contributed by atoms with Crippen LogP contribution in [0.25, 0.3) is 0 Å². The first-order valence-corrected chi connectivity index (χ1v) is 6.66. The molecule has 0 unspecified atom stereocenters. The highest BCUT2D eigenvalue weighted by molar-refractivity contribution is 6.31. The number of hydrogen-bond donors (Lipinski definition) is 0. The van der Waals surface area contributed by atoms with Gasteiger partial charge in [-0.25, -0.2) is 9.18 Å². The van der Waals surface area contributed by atoms with Gasteiger partial charge in [0.25, 0.3) is 5.69 Å². The third-order valence-electron chi connectivity index (χ3n) is 2.86. The van der Waals surface area contributed by atoms with Crippen molar-refractivity contribution in [2.45, 2.75) is 0 Å². The van der Waals surface area contributed by atoms with Crippen molar-refractivity contribution >= 4 is 29.0 Å². The van der Waals surface area contributed by atoms with Crippen LogP contribution in [0, 0.1) is 15.9 Å². The maximum absolute atomic E-state index is 13.0. The molecule has 23 heavy (non-hydrogen) atoms. The maximum Gasteiger partial charge on any atom is 0.345 e. The van der Waals surface area contributed by atoms with Gasteiger partial charge < -0.3 is 4.74 Å². The van der Waals surface area contributed by atoms with Gasteiger partial charge in [0, 0.05) is 16.7 Å². The van der Waals surface area contributed by atoms with Gasteiger partial charge in [0.1, 0.15) is 11.4 Å². The number of nitro groups is 1. The number of carbonyl (C=O) groups excluding carboxylic acids is 2. The second-order valence-corrected chi connectivity index (χ2v) is 4.86. The molecule has 0 N–H and O–H groups in total. The fraction of sp³-hybridized carbons (Fsp3) is 0.0667. The number of ether oxygens (including phenoxy) is 1. The second-order valence-electron chi connectivity index (χ2n) is 4.43. The molecule has 2 aromatic carbocycles. The van der Waals surface area contributed by atoms with Crippen molar-refractivity contribution in [3.63, 3.8) is 0 Å². The molecule has 2 rings (SSSR count). The molecule has 0 heterocycles. The van der Waals surface area contributed by atoms with Crippen LogP contribution in [-0.2, 0) is 4.74 Å². The van der Waals surface area contributed by atoms with Crippen LogP contribution in [-0.4, -0.2) is 23.3 Å². The number of ketones is 1. The zero-order valence-corrected chi connectivity index (χ0v) is 12.2. The second kappa shape index (κ2) is 6.97. The Morgan fingerprint density at radius 2 is 1.96 bits per heavy atom. The number of nitrogens with zero attached hydrogens (tertiary/aromatic N) is 1. The van der Waals surface area contributed by atoms with Crippen LogP contribution < -0.4 is 0 Å². The van der Waals surface area contributed by atoms with Crippen LogP contribution in [0.3, 0.4) is 0 Å². The predicted molar refractivity (Wildman–Crippen MR) is 79.1 cm³/mol. The van der Waals surface area contributed by atoms with E-state index in [1.165, 1.54) is 24.3 Å². The van der Waals surface area contributed by atoms with Crippen molar-refractivity contribution in [3.05, 3.63) is 74.5 Å². The van der Waals surface area contributed by atoms with Gasteiger partial charge in [-0.05, 0) is 24.3 Å². The Hall–Kier alpha value is -2.80. The Morgan fingerprint density at radius 1 is 1.22 bits per heavy atom. The summed E-state index contributed by atoms with van der Waals surface area (Å²) < 4.78 is 17.8. The van der Waals surface area contributed by atoms with Gasteiger partial charge in [-0.3, -0.25) is 14.9 Å². The van der Waals surface area contributed by atoms with Crippen LogP contribution in [0.1, 0.15) is 20.7 Å². The molecule has 0 aliphatic carbocycles. The van der Waals surface area contributed by atoms with Gasteiger partial charge in [0.2, 0.25) is 0 Å². The number of rotatable bonds is 5. The Labute approximate surface area is 134 Å². The van der Waals surface area contributed by atoms with Crippen LogP contribution in [0.5, 0.6) is 0 Å². The lowest BCUT2D eigenvalue weighted by molar-refractivity contribution is -0.385. The Balaban J connectivity index is 2.11. The first kappa shape index (κ1) is 16.6. The fourth-order valence-electron chi connectivity index (χ4n) is 1.78. The van der Waals surface area contributed by atoms with Crippen molar-refractivity contribution < 1.29 is 23.6 Å². The van der Waals surface area contributed by atoms with Gasteiger partial charge in [-0.1, -0.05) is 23.7 Å². The normalized spacial score (nSPS) is 10.2. The largest absolute Gasteiger partial charge is 0.454 e. The molecule has 0 aromatic heterocycles. The molecular weight excluding hydrogens is 329 g/mol. The molecule has 6 nitrogen and oxygen atoms in total. The lowest BCUT2D eigenvalue weighted by Gasteiger charge is -2.05. The molecule has 0 radical (unpaired) electrons. The molecule has 118 valence electrons. The molecule has 8 heteroatoms. The summed E-state index contributed by atoms with van der Waals surface area (Å²) in [5, 5.41) is 11.0. The smallest absolute Gasteiger partial charge is 0.345 e. The summed E-state index contributed by atoms with van der Waals surface area (Å²) in [6, 6.07) is 8.31. The maximum atomic E-state index is 13.0. The number of benzene rings is 2. The van der Waals surface area contributed by atoms with Crippen LogP contribution in [0.4, 0.5) is 10.1 Å². The first-order valence-electron chi connectivity index (χ1n) is 6.28. The van der Waals surface area contributed by atoms with Crippen molar-refractivity contribution in [3.8, 4) is 0 Å². The van der Waals surface area contributed by atoms with Crippen LogP contribution >= 0.6 is 11.6 Å². The summed E-state index contributed by atoms with van der Waals surface area (Å²) in [4.78, 5) is 33.8. The minimum absolute atomic E-state index is 0.0309. The van der Waals surface area contributed by atoms with Gasteiger partial charge in [-0.2, -0.15) is 0 Å². The van der Waals surface area contributed by atoms with Crippen LogP contribution in [0.2, 0.25) is 5.02 Å². The SMILES string of the molecule is O=C(COC(=O)c1ccc(Cl)cc1[N+](=O)[O-])c1cccc(F)c1. The molecular formula is C15H9ClFNO5. The lowest BCUT2D eigenvalue weighted by Crippen LogP contribution is -2.15.